The van der Waals surface area contributed by atoms with Crippen molar-refractivity contribution in [3.63, 3.8) is 0 Å². The Morgan fingerprint density at radius 1 is 1.10 bits per heavy atom. The lowest BCUT2D eigenvalue weighted by atomic mass is 9.90. The summed E-state index contributed by atoms with van der Waals surface area (Å²) in [5, 5.41) is 4.23. The molecule has 1 saturated carbocycles. The number of piperidine rings is 1. The first-order valence-electron chi connectivity index (χ1n) is 10.9. The Morgan fingerprint density at radius 3 is 2.69 bits per heavy atom. The zero-order valence-corrected chi connectivity index (χ0v) is 17.5. The molecule has 0 radical (unpaired) electrons. The minimum Gasteiger partial charge on any atom is -0.323 e. The van der Waals surface area contributed by atoms with Crippen molar-refractivity contribution < 1.29 is 9.59 Å². The van der Waals surface area contributed by atoms with Gasteiger partial charge < -0.3 is 5.32 Å². The molecule has 3 fully saturated rings. The summed E-state index contributed by atoms with van der Waals surface area (Å²) in [6, 6.07) is 8.06. The van der Waals surface area contributed by atoms with Crippen LogP contribution in [0.4, 0.5) is 4.79 Å². The van der Waals surface area contributed by atoms with Crippen LogP contribution < -0.4 is 5.32 Å². The molecule has 6 nitrogen and oxygen atoms in total. The van der Waals surface area contributed by atoms with Gasteiger partial charge in [-0.05, 0) is 44.4 Å². The van der Waals surface area contributed by atoms with E-state index in [-0.39, 0.29) is 11.9 Å². The van der Waals surface area contributed by atoms with Gasteiger partial charge in [-0.3, -0.25) is 9.69 Å². The number of amides is 3. The first kappa shape index (κ1) is 19.0. The van der Waals surface area contributed by atoms with Gasteiger partial charge in [0.25, 0.3) is 5.91 Å². The molecule has 3 heterocycles. The number of hydrogen-bond acceptors (Lipinski definition) is 5. The molecule has 1 N–H and O–H groups in total. The Hall–Kier alpha value is -1.99. The van der Waals surface area contributed by atoms with Crippen LogP contribution >= 0.6 is 11.3 Å². The lowest BCUT2D eigenvalue weighted by Gasteiger charge is -2.34. The van der Waals surface area contributed by atoms with Crippen LogP contribution in [-0.2, 0) is 4.79 Å². The molecule has 1 aromatic heterocycles. The van der Waals surface area contributed by atoms with Crippen molar-refractivity contribution in [3.8, 4) is 0 Å². The third-order valence-electron chi connectivity index (χ3n) is 6.71. The highest BCUT2D eigenvalue weighted by atomic mass is 32.1. The SMILES string of the molecule is O=C1NC2(CCCCCC2)C(=O)N1CN1CCC[C@H](c2nc3ccccc3s2)C1. The van der Waals surface area contributed by atoms with Crippen LogP contribution in [0.5, 0.6) is 0 Å². The van der Waals surface area contributed by atoms with Crippen molar-refractivity contribution in [2.45, 2.75) is 62.8 Å². The van der Waals surface area contributed by atoms with E-state index in [9.17, 15) is 9.59 Å². The number of carbonyl (C=O) groups is 2. The van der Waals surface area contributed by atoms with Gasteiger partial charge in [0.05, 0.1) is 21.9 Å². The van der Waals surface area contributed by atoms with E-state index < -0.39 is 5.54 Å². The first-order valence-corrected chi connectivity index (χ1v) is 11.7. The molecule has 1 aliphatic carbocycles. The van der Waals surface area contributed by atoms with E-state index in [0.29, 0.717) is 12.6 Å². The van der Waals surface area contributed by atoms with E-state index in [4.69, 9.17) is 4.98 Å². The molecule has 5 rings (SSSR count). The smallest absolute Gasteiger partial charge is 0.323 e. The van der Waals surface area contributed by atoms with Crippen molar-refractivity contribution in [3.05, 3.63) is 29.3 Å². The third-order valence-corrected chi connectivity index (χ3v) is 7.91. The minimum absolute atomic E-state index is 0.00786. The molecule has 2 aliphatic heterocycles. The van der Waals surface area contributed by atoms with Gasteiger partial charge in [-0.1, -0.05) is 37.8 Å². The molecule has 154 valence electrons. The number of benzene rings is 1. The molecular formula is C22H28N4O2S. The largest absolute Gasteiger partial charge is 0.326 e. The summed E-state index contributed by atoms with van der Waals surface area (Å²) in [5.41, 5.74) is 0.421. The number of fused-ring (bicyclic) bond motifs is 1. The quantitative estimate of drug-likeness (QED) is 0.772. The maximum atomic E-state index is 13.2. The standard InChI is InChI=1S/C22H28N4O2S/c27-20-22(11-5-1-2-6-12-22)24-21(28)26(20)15-25-13-7-8-16(14-25)19-23-17-9-3-4-10-18(17)29-19/h3-4,9-10,16H,1-2,5-8,11-15H2,(H,24,28)/t16-/m0/s1. The Morgan fingerprint density at radius 2 is 1.90 bits per heavy atom. The van der Waals surface area contributed by atoms with E-state index in [1.54, 1.807) is 11.3 Å². The molecule has 3 amide bonds. The van der Waals surface area contributed by atoms with Gasteiger partial charge in [0.1, 0.15) is 5.54 Å². The fourth-order valence-electron chi connectivity index (χ4n) is 5.13. The first-order chi connectivity index (χ1) is 14.1. The lowest BCUT2D eigenvalue weighted by molar-refractivity contribution is -0.133. The Labute approximate surface area is 175 Å². The maximum absolute atomic E-state index is 13.2. The fourth-order valence-corrected chi connectivity index (χ4v) is 6.22. The van der Waals surface area contributed by atoms with Gasteiger partial charge in [-0.15, -0.1) is 11.3 Å². The van der Waals surface area contributed by atoms with Crippen molar-refractivity contribution in [1.29, 1.82) is 0 Å². The van der Waals surface area contributed by atoms with Crippen LogP contribution in [0, 0.1) is 0 Å². The number of imide groups is 1. The van der Waals surface area contributed by atoms with Crippen LogP contribution in [0.15, 0.2) is 24.3 Å². The number of para-hydroxylation sites is 1. The Kier molecular flexibility index (Phi) is 5.04. The molecular weight excluding hydrogens is 384 g/mol. The number of nitrogens with one attached hydrogen (secondary N) is 1. The summed E-state index contributed by atoms with van der Waals surface area (Å²) >= 11 is 1.77. The molecule has 0 bridgehead atoms. The van der Waals surface area contributed by atoms with Crippen LogP contribution in [0.25, 0.3) is 10.2 Å². The number of thiazole rings is 1. The molecule has 1 atom stereocenters. The number of likely N-dealkylation sites (tertiary alicyclic amines) is 1. The van der Waals surface area contributed by atoms with Gasteiger partial charge >= 0.3 is 6.03 Å². The molecule has 1 spiro atoms. The molecule has 2 aromatic rings. The summed E-state index contributed by atoms with van der Waals surface area (Å²) in [5.74, 6) is 0.361. The predicted molar refractivity (Wildman–Crippen MR) is 114 cm³/mol. The van der Waals surface area contributed by atoms with E-state index in [1.807, 2.05) is 6.07 Å². The average molecular weight is 413 g/mol. The fraction of sp³-hybridized carbons (Fsp3) is 0.591. The molecule has 7 heteroatoms. The minimum atomic E-state index is -0.643. The van der Waals surface area contributed by atoms with Gasteiger partial charge in [-0.2, -0.15) is 0 Å². The number of hydrogen-bond donors (Lipinski definition) is 1. The molecule has 1 aromatic carbocycles. The highest BCUT2D eigenvalue weighted by Gasteiger charge is 2.51. The van der Waals surface area contributed by atoms with Crippen LogP contribution in [-0.4, -0.2) is 52.0 Å². The number of aromatic nitrogens is 1. The summed E-state index contributed by atoms with van der Waals surface area (Å²) in [6.45, 7) is 2.17. The van der Waals surface area contributed by atoms with E-state index in [0.717, 1.165) is 70.0 Å². The monoisotopic (exact) mass is 412 g/mol. The summed E-state index contributed by atoms with van der Waals surface area (Å²) in [7, 11) is 0. The number of urea groups is 1. The number of carbonyl (C=O) groups excluding carboxylic acids is 2. The van der Waals surface area contributed by atoms with Crippen molar-refractivity contribution >= 4 is 33.5 Å². The predicted octanol–water partition coefficient (Wildman–Crippen LogP) is 4.08. The van der Waals surface area contributed by atoms with E-state index in [1.165, 1.54) is 14.6 Å². The Balaban J connectivity index is 1.29. The molecule has 3 aliphatic rings. The second-order valence-corrected chi connectivity index (χ2v) is 9.80. The number of rotatable bonds is 3. The van der Waals surface area contributed by atoms with Crippen molar-refractivity contribution in [2.75, 3.05) is 19.8 Å². The highest BCUT2D eigenvalue weighted by Crippen LogP contribution is 2.35. The van der Waals surface area contributed by atoms with Gasteiger partial charge in [0, 0.05) is 12.5 Å². The summed E-state index contributed by atoms with van der Waals surface area (Å²) in [6.07, 6.45) is 8.08. The maximum Gasteiger partial charge on any atom is 0.326 e. The topological polar surface area (TPSA) is 65.5 Å². The molecule has 2 saturated heterocycles. The van der Waals surface area contributed by atoms with Crippen LogP contribution in [0.2, 0.25) is 0 Å². The lowest BCUT2D eigenvalue weighted by Crippen LogP contribution is -2.48. The second kappa shape index (κ2) is 7.69. The summed E-state index contributed by atoms with van der Waals surface area (Å²) in [4.78, 5) is 34.4. The van der Waals surface area contributed by atoms with Gasteiger partial charge in [-0.25, -0.2) is 14.7 Å². The van der Waals surface area contributed by atoms with Crippen molar-refractivity contribution in [1.82, 2.24) is 20.1 Å². The normalized spacial score (nSPS) is 25.5. The number of nitrogens with zero attached hydrogens (tertiary/aromatic N) is 3. The van der Waals surface area contributed by atoms with Crippen LogP contribution in [0.3, 0.4) is 0 Å². The third kappa shape index (κ3) is 3.55. The average Bonchev–Trinajstić information content (AvgIpc) is 3.15. The molecule has 0 unspecified atom stereocenters. The zero-order chi connectivity index (χ0) is 19.8. The molecule has 29 heavy (non-hydrogen) atoms. The second-order valence-electron chi connectivity index (χ2n) is 8.74. The van der Waals surface area contributed by atoms with Crippen LogP contribution in [0.1, 0.15) is 62.3 Å². The zero-order valence-electron chi connectivity index (χ0n) is 16.7. The van der Waals surface area contributed by atoms with E-state index >= 15 is 0 Å². The summed E-state index contributed by atoms with van der Waals surface area (Å²) < 4.78 is 1.23. The highest BCUT2D eigenvalue weighted by molar-refractivity contribution is 7.18. The van der Waals surface area contributed by atoms with E-state index in [2.05, 4.69) is 28.4 Å². The van der Waals surface area contributed by atoms with Crippen molar-refractivity contribution in [2.24, 2.45) is 0 Å². The van der Waals surface area contributed by atoms with Gasteiger partial charge in [0.2, 0.25) is 0 Å². The Bertz CT molecular complexity index is 885. The van der Waals surface area contributed by atoms with Gasteiger partial charge in [0.15, 0.2) is 0 Å².